The van der Waals surface area contributed by atoms with E-state index >= 15 is 0 Å². The van der Waals surface area contributed by atoms with Crippen LogP contribution in [0, 0.1) is 17.5 Å². The predicted octanol–water partition coefficient (Wildman–Crippen LogP) is 3.34. The van der Waals surface area contributed by atoms with Crippen LogP contribution in [0.4, 0.5) is 13.2 Å². The van der Waals surface area contributed by atoms with Crippen molar-refractivity contribution >= 4 is 15.9 Å². The van der Waals surface area contributed by atoms with Gasteiger partial charge in [0.15, 0.2) is 0 Å². The van der Waals surface area contributed by atoms with Gasteiger partial charge < -0.3 is 5.11 Å². The van der Waals surface area contributed by atoms with Gasteiger partial charge in [-0.15, -0.1) is 0 Å². The Balaban J connectivity index is 2.56. The fraction of sp³-hybridized carbons (Fsp3) is 0.0833. The first-order valence-electron chi connectivity index (χ1n) is 4.94. The van der Waals surface area contributed by atoms with Gasteiger partial charge in [0.05, 0.1) is 10.0 Å². The van der Waals surface area contributed by atoms with Crippen LogP contribution in [-0.2, 0) is 0 Å². The number of aromatic nitrogens is 1. The topological polar surface area (TPSA) is 33.1 Å². The van der Waals surface area contributed by atoms with Crippen molar-refractivity contribution in [2.24, 2.45) is 0 Å². The summed E-state index contributed by atoms with van der Waals surface area (Å²) in [5.74, 6) is -2.77. The molecule has 2 rings (SSSR count). The fourth-order valence-electron chi connectivity index (χ4n) is 1.53. The second kappa shape index (κ2) is 5.07. The molecule has 1 unspecified atom stereocenters. The number of benzene rings is 1. The summed E-state index contributed by atoms with van der Waals surface area (Å²) in [6, 6.07) is 4.51. The maximum absolute atomic E-state index is 13.7. The number of hydrogen-bond acceptors (Lipinski definition) is 2. The lowest BCUT2D eigenvalue weighted by Gasteiger charge is -2.13. The second-order valence-corrected chi connectivity index (χ2v) is 4.38. The molecule has 94 valence electrons. The molecule has 0 aliphatic heterocycles. The third kappa shape index (κ3) is 2.26. The summed E-state index contributed by atoms with van der Waals surface area (Å²) < 4.78 is 40.7. The SMILES string of the molecule is OC(c1ncccc1F)c1c(F)ccc(Br)c1F. The van der Waals surface area contributed by atoms with Gasteiger partial charge in [-0.1, -0.05) is 0 Å². The first kappa shape index (κ1) is 13.0. The lowest BCUT2D eigenvalue weighted by atomic mass is 10.0. The third-order valence-electron chi connectivity index (χ3n) is 2.40. The molecule has 1 N–H and O–H groups in total. The van der Waals surface area contributed by atoms with Gasteiger partial charge in [-0.25, -0.2) is 13.2 Å². The van der Waals surface area contributed by atoms with Crippen molar-refractivity contribution < 1.29 is 18.3 Å². The smallest absolute Gasteiger partial charge is 0.147 e. The number of nitrogens with zero attached hydrogens (tertiary/aromatic N) is 1. The minimum Gasteiger partial charge on any atom is -0.382 e. The van der Waals surface area contributed by atoms with E-state index in [1.165, 1.54) is 12.3 Å². The highest BCUT2D eigenvalue weighted by Crippen LogP contribution is 2.30. The molecule has 0 aliphatic carbocycles. The van der Waals surface area contributed by atoms with Crippen LogP contribution in [0.25, 0.3) is 0 Å². The van der Waals surface area contributed by atoms with Crippen molar-refractivity contribution in [3.05, 3.63) is 63.6 Å². The summed E-state index contributed by atoms with van der Waals surface area (Å²) in [6.07, 6.45) is -0.571. The van der Waals surface area contributed by atoms with Crippen LogP contribution < -0.4 is 0 Å². The summed E-state index contributed by atoms with van der Waals surface area (Å²) in [5.41, 5.74) is -1.06. The first-order chi connectivity index (χ1) is 8.52. The van der Waals surface area contributed by atoms with Gasteiger partial charge in [0.1, 0.15) is 29.2 Å². The van der Waals surface area contributed by atoms with E-state index in [2.05, 4.69) is 20.9 Å². The highest BCUT2D eigenvalue weighted by Gasteiger charge is 2.24. The van der Waals surface area contributed by atoms with E-state index in [1.54, 1.807) is 0 Å². The van der Waals surface area contributed by atoms with Crippen LogP contribution in [0.15, 0.2) is 34.9 Å². The van der Waals surface area contributed by atoms with Gasteiger partial charge in [0.2, 0.25) is 0 Å². The Morgan fingerprint density at radius 2 is 1.83 bits per heavy atom. The molecule has 1 atom stereocenters. The molecule has 1 aromatic heterocycles. The largest absolute Gasteiger partial charge is 0.382 e. The summed E-state index contributed by atoms with van der Waals surface area (Å²) >= 11 is 2.87. The van der Waals surface area contributed by atoms with Gasteiger partial charge >= 0.3 is 0 Å². The van der Waals surface area contributed by atoms with Crippen LogP contribution in [0.2, 0.25) is 0 Å². The molecule has 0 amide bonds. The van der Waals surface area contributed by atoms with Crippen molar-refractivity contribution in [2.45, 2.75) is 6.10 Å². The molecule has 0 bridgehead atoms. The molecule has 2 nitrogen and oxygen atoms in total. The molecule has 0 saturated carbocycles. The third-order valence-corrected chi connectivity index (χ3v) is 3.01. The molecule has 6 heteroatoms. The standard InChI is InChI=1S/C12H7BrF3NO/c13-6-3-4-7(14)9(10(6)16)12(18)11-8(15)2-1-5-17-11/h1-5,12,18H. The number of pyridine rings is 1. The van der Waals surface area contributed by atoms with Gasteiger partial charge in [-0.05, 0) is 40.2 Å². The molecular weight excluding hydrogens is 311 g/mol. The minimum atomic E-state index is -1.80. The second-order valence-electron chi connectivity index (χ2n) is 3.53. The minimum absolute atomic E-state index is 0.0192. The molecule has 1 heterocycles. The lowest BCUT2D eigenvalue weighted by molar-refractivity contribution is 0.198. The average Bonchev–Trinajstić information content (AvgIpc) is 2.35. The van der Waals surface area contributed by atoms with E-state index in [4.69, 9.17) is 0 Å². The van der Waals surface area contributed by atoms with Gasteiger partial charge in [0, 0.05) is 6.20 Å². The maximum Gasteiger partial charge on any atom is 0.147 e. The van der Waals surface area contributed by atoms with Crippen molar-refractivity contribution in [2.75, 3.05) is 0 Å². The fourth-order valence-corrected chi connectivity index (χ4v) is 1.87. The van der Waals surface area contributed by atoms with Gasteiger partial charge in [0.25, 0.3) is 0 Å². The molecule has 1 aromatic carbocycles. The molecule has 0 radical (unpaired) electrons. The molecule has 0 saturated heterocycles. The molecular formula is C12H7BrF3NO. The molecule has 0 spiro atoms. The van der Waals surface area contributed by atoms with E-state index in [9.17, 15) is 18.3 Å². The highest BCUT2D eigenvalue weighted by atomic mass is 79.9. The predicted molar refractivity (Wildman–Crippen MR) is 62.3 cm³/mol. The molecule has 0 fully saturated rings. The zero-order valence-electron chi connectivity index (χ0n) is 8.87. The quantitative estimate of drug-likeness (QED) is 0.862. The first-order valence-corrected chi connectivity index (χ1v) is 5.73. The Hall–Kier alpha value is -1.40. The van der Waals surface area contributed by atoms with E-state index < -0.39 is 34.8 Å². The summed E-state index contributed by atoms with van der Waals surface area (Å²) in [7, 11) is 0. The number of hydrogen-bond donors (Lipinski definition) is 1. The van der Waals surface area contributed by atoms with Crippen molar-refractivity contribution in [3.8, 4) is 0 Å². The lowest BCUT2D eigenvalue weighted by Crippen LogP contribution is -2.10. The maximum atomic E-state index is 13.7. The summed E-state index contributed by atoms with van der Waals surface area (Å²) in [6.45, 7) is 0. The van der Waals surface area contributed by atoms with E-state index in [0.29, 0.717) is 0 Å². The number of halogens is 4. The Morgan fingerprint density at radius 3 is 2.50 bits per heavy atom. The summed E-state index contributed by atoms with van der Waals surface area (Å²) in [5, 5.41) is 9.86. The van der Waals surface area contributed by atoms with Crippen molar-refractivity contribution in [1.29, 1.82) is 0 Å². The molecule has 0 aliphatic rings. The van der Waals surface area contributed by atoms with Crippen LogP contribution in [0.1, 0.15) is 17.4 Å². The van der Waals surface area contributed by atoms with Gasteiger partial charge in [-0.3, -0.25) is 4.98 Å². The van der Waals surface area contributed by atoms with Crippen LogP contribution in [-0.4, -0.2) is 10.1 Å². The van der Waals surface area contributed by atoms with E-state index in [-0.39, 0.29) is 4.47 Å². The van der Waals surface area contributed by atoms with Crippen molar-refractivity contribution in [3.63, 3.8) is 0 Å². The zero-order valence-corrected chi connectivity index (χ0v) is 10.5. The monoisotopic (exact) mass is 317 g/mol. The van der Waals surface area contributed by atoms with Gasteiger partial charge in [-0.2, -0.15) is 0 Å². The van der Waals surface area contributed by atoms with Crippen molar-refractivity contribution in [1.82, 2.24) is 4.98 Å². The van der Waals surface area contributed by atoms with Crippen LogP contribution >= 0.6 is 15.9 Å². The van der Waals surface area contributed by atoms with E-state index in [1.807, 2.05) is 0 Å². The van der Waals surface area contributed by atoms with Crippen LogP contribution in [0.3, 0.4) is 0 Å². The average molecular weight is 318 g/mol. The number of rotatable bonds is 2. The summed E-state index contributed by atoms with van der Waals surface area (Å²) in [4.78, 5) is 3.59. The zero-order chi connectivity index (χ0) is 13.3. The van der Waals surface area contributed by atoms with Crippen LogP contribution in [0.5, 0.6) is 0 Å². The number of aliphatic hydroxyl groups excluding tert-OH is 1. The Kier molecular flexibility index (Phi) is 3.68. The number of aliphatic hydroxyl groups is 1. The Bertz CT molecular complexity index is 592. The molecule has 18 heavy (non-hydrogen) atoms. The van der Waals surface area contributed by atoms with E-state index in [0.717, 1.165) is 18.2 Å². The Morgan fingerprint density at radius 1 is 1.11 bits per heavy atom. The molecule has 2 aromatic rings. The highest BCUT2D eigenvalue weighted by molar-refractivity contribution is 9.10. The Labute approximate surface area is 109 Å². The normalized spacial score (nSPS) is 12.5.